The van der Waals surface area contributed by atoms with Gasteiger partial charge in [-0.2, -0.15) is 0 Å². The lowest BCUT2D eigenvalue weighted by Gasteiger charge is -2.28. The van der Waals surface area contributed by atoms with Gasteiger partial charge in [0.25, 0.3) is 5.92 Å². The summed E-state index contributed by atoms with van der Waals surface area (Å²) in [6, 6.07) is 0. The van der Waals surface area contributed by atoms with Gasteiger partial charge in [-0.15, -0.1) is 0 Å². The van der Waals surface area contributed by atoms with Crippen molar-refractivity contribution in [2.75, 3.05) is 40.3 Å². The largest absolute Gasteiger partial charge is 0.306 e. The molecule has 0 aromatic heterocycles. The summed E-state index contributed by atoms with van der Waals surface area (Å²) in [5, 5.41) is 0. The number of likely N-dealkylation sites (tertiary alicyclic amines) is 2. The zero-order valence-corrected chi connectivity index (χ0v) is 15.7. The van der Waals surface area contributed by atoms with E-state index in [1.54, 1.807) is 0 Å². The third kappa shape index (κ3) is 8.42. The zero-order valence-electron chi connectivity index (χ0n) is 15.7. The van der Waals surface area contributed by atoms with Gasteiger partial charge in [-0.05, 0) is 58.3 Å². The predicted octanol–water partition coefficient (Wildman–Crippen LogP) is 4.89. The first-order valence-electron chi connectivity index (χ1n) is 9.16. The van der Waals surface area contributed by atoms with Gasteiger partial charge in [0.2, 0.25) is 0 Å². The lowest BCUT2D eigenvalue weighted by atomic mass is 9.94. The summed E-state index contributed by atoms with van der Waals surface area (Å²) in [7, 11) is 4.10. The van der Waals surface area contributed by atoms with Crippen molar-refractivity contribution in [3.63, 3.8) is 0 Å². The number of nitrogens with zero attached hydrogens (tertiary/aromatic N) is 2. The van der Waals surface area contributed by atoms with Crippen molar-refractivity contribution in [2.24, 2.45) is 5.41 Å². The van der Waals surface area contributed by atoms with E-state index in [0.717, 1.165) is 5.41 Å². The highest BCUT2D eigenvalue weighted by Crippen LogP contribution is 2.53. The Bertz CT molecular complexity index is 242. The molecule has 2 nitrogen and oxygen atoms in total. The van der Waals surface area contributed by atoms with Crippen molar-refractivity contribution in [1.82, 2.24) is 9.80 Å². The topological polar surface area (TPSA) is 6.48 Å². The first-order valence-corrected chi connectivity index (χ1v) is 9.16. The Balaban J connectivity index is 0.000000328. The molecule has 4 heteroatoms. The van der Waals surface area contributed by atoms with Crippen LogP contribution >= 0.6 is 0 Å². The molecule has 0 N–H and O–H groups in total. The predicted molar refractivity (Wildman–Crippen MR) is 92.8 cm³/mol. The fourth-order valence-electron chi connectivity index (χ4n) is 2.72. The van der Waals surface area contributed by atoms with E-state index in [0.29, 0.717) is 13.1 Å². The molecule has 3 rings (SSSR count). The van der Waals surface area contributed by atoms with Crippen molar-refractivity contribution in [3.8, 4) is 0 Å². The van der Waals surface area contributed by atoms with Crippen molar-refractivity contribution < 1.29 is 8.78 Å². The lowest BCUT2D eigenvalue weighted by Crippen LogP contribution is -2.36. The molecule has 0 radical (unpaired) electrons. The summed E-state index contributed by atoms with van der Waals surface area (Å²) in [6.07, 6.45) is 6.07. The van der Waals surface area contributed by atoms with Crippen molar-refractivity contribution in [3.05, 3.63) is 0 Å². The highest BCUT2D eigenvalue weighted by atomic mass is 19.3. The Labute approximate surface area is 137 Å². The summed E-state index contributed by atoms with van der Waals surface area (Å²) in [5.74, 6) is -2.38. The molecule has 0 unspecified atom stereocenters. The van der Waals surface area contributed by atoms with Gasteiger partial charge in [0.1, 0.15) is 0 Å². The molecule has 1 spiro atoms. The molecule has 1 aliphatic carbocycles. The quantitative estimate of drug-likeness (QED) is 0.627. The number of alkyl halides is 2. The second kappa shape index (κ2) is 10.5. The van der Waals surface area contributed by atoms with Crippen LogP contribution in [0.3, 0.4) is 0 Å². The molecule has 134 valence electrons. The minimum Gasteiger partial charge on any atom is -0.306 e. The van der Waals surface area contributed by atoms with E-state index in [-0.39, 0.29) is 12.8 Å². The molecule has 3 aliphatic rings. The van der Waals surface area contributed by atoms with E-state index in [2.05, 4.69) is 11.9 Å². The van der Waals surface area contributed by atoms with Gasteiger partial charge in [-0.1, -0.05) is 27.7 Å². The first-order chi connectivity index (χ1) is 10.4. The van der Waals surface area contributed by atoms with E-state index < -0.39 is 5.92 Å². The normalized spacial score (nSPS) is 25.6. The monoisotopic (exact) mass is 320 g/mol. The summed E-state index contributed by atoms with van der Waals surface area (Å²) >= 11 is 0. The van der Waals surface area contributed by atoms with E-state index in [9.17, 15) is 8.78 Å². The van der Waals surface area contributed by atoms with E-state index in [1.807, 2.05) is 39.6 Å². The van der Waals surface area contributed by atoms with E-state index in [4.69, 9.17) is 0 Å². The average molecular weight is 321 g/mol. The van der Waals surface area contributed by atoms with Gasteiger partial charge in [-0.25, -0.2) is 8.78 Å². The summed E-state index contributed by atoms with van der Waals surface area (Å²) in [6.45, 7) is 11.8. The molecule has 0 aromatic carbocycles. The molecule has 22 heavy (non-hydrogen) atoms. The molecule has 3 fully saturated rings. The van der Waals surface area contributed by atoms with Crippen molar-refractivity contribution in [1.29, 1.82) is 0 Å². The van der Waals surface area contributed by atoms with Crippen LogP contribution in [0.5, 0.6) is 0 Å². The summed E-state index contributed by atoms with van der Waals surface area (Å²) in [5.41, 5.74) is 0.868. The minimum absolute atomic E-state index is 0.0312. The molecule has 0 amide bonds. The molecule has 0 atom stereocenters. The molecule has 2 heterocycles. The number of piperidine rings is 2. The molecule has 0 bridgehead atoms. The SMILES string of the molecule is CC.CC.CN1CCC(F)(F)CC1.CN1CCC2(CC1)CC2. The second-order valence-electron chi connectivity index (χ2n) is 6.46. The van der Waals surface area contributed by atoms with Gasteiger partial charge in [0.05, 0.1) is 0 Å². The van der Waals surface area contributed by atoms with Crippen LogP contribution in [-0.2, 0) is 0 Å². The van der Waals surface area contributed by atoms with E-state index in [1.165, 1.54) is 38.8 Å². The number of halogens is 2. The summed E-state index contributed by atoms with van der Waals surface area (Å²) < 4.78 is 24.7. The van der Waals surface area contributed by atoms with Crippen molar-refractivity contribution in [2.45, 2.75) is 72.1 Å². The molecule has 1 saturated carbocycles. The second-order valence-corrected chi connectivity index (χ2v) is 6.46. The minimum atomic E-state index is -2.38. The number of hydrogen-bond acceptors (Lipinski definition) is 2. The maximum Gasteiger partial charge on any atom is 0.250 e. The van der Waals surface area contributed by atoms with Crippen LogP contribution in [0.15, 0.2) is 0 Å². The van der Waals surface area contributed by atoms with Crippen LogP contribution in [-0.4, -0.2) is 56.0 Å². The zero-order chi connectivity index (χ0) is 17.2. The Morgan fingerprint density at radius 3 is 1.18 bits per heavy atom. The molecular formula is C18H38F2N2. The third-order valence-electron chi connectivity index (χ3n) is 4.72. The van der Waals surface area contributed by atoms with Crippen LogP contribution in [0.2, 0.25) is 0 Å². The Hall–Kier alpha value is -0.220. The third-order valence-corrected chi connectivity index (χ3v) is 4.72. The van der Waals surface area contributed by atoms with Crippen LogP contribution in [0.1, 0.15) is 66.2 Å². The fraction of sp³-hybridized carbons (Fsp3) is 1.00. The van der Waals surface area contributed by atoms with E-state index >= 15 is 0 Å². The summed E-state index contributed by atoms with van der Waals surface area (Å²) in [4.78, 5) is 4.38. The molecule has 2 saturated heterocycles. The number of hydrogen-bond donors (Lipinski definition) is 0. The number of rotatable bonds is 0. The Kier molecular flexibility index (Phi) is 10.4. The van der Waals surface area contributed by atoms with Gasteiger partial charge in [-0.3, -0.25) is 0 Å². The van der Waals surface area contributed by atoms with Crippen LogP contribution in [0, 0.1) is 5.41 Å². The van der Waals surface area contributed by atoms with Crippen LogP contribution in [0.4, 0.5) is 8.78 Å². The maximum atomic E-state index is 12.4. The molecular weight excluding hydrogens is 282 g/mol. The van der Waals surface area contributed by atoms with Crippen LogP contribution < -0.4 is 0 Å². The maximum absolute atomic E-state index is 12.4. The Morgan fingerprint density at radius 1 is 0.591 bits per heavy atom. The van der Waals surface area contributed by atoms with Gasteiger partial charge >= 0.3 is 0 Å². The average Bonchev–Trinajstić information content (AvgIpc) is 3.30. The van der Waals surface area contributed by atoms with Crippen LogP contribution in [0.25, 0.3) is 0 Å². The van der Waals surface area contributed by atoms with Gasteiger partial charge in [0.15, 0.2) is 0 Å². The Morgan fingerprint density at radius 2 is 0.909 bits per heavy atom. The molecule has 0 aromatic rings. The van der Waals surface area contributed by atoms with Gasteiger partial charge in [0, 0.05) is 25.9 Å². The smallest absolute Gasteiger partial charge is 0.250 e. The standard InChI is InChI=1S/C8H15N.C6H11F2N.2C2H6/c1-9-6-4-8(2-3-8)5-7-9;1-9-4-2-6(7,8)3-5-9;2*1-2/h2-7H2,1H3;2-5H2,1H3;2*1-2H3. The molecule has 2 aliphatic heterocycles. The highest BCUT2D eigenvalue weighted by Gasteiger charge is 2.43. The van der Waals surface area contributed by atoms with Crippen molar-refractivity contribution >= 4 is 0 Å². The first kappa shape index (κ1) is 21.8. The van der Waals surface area contributed by atoms with Gasteiger partial charge < -0.3 is 9.80 Å². The highest BCUT2D eigenvalue weighted by molar-refractivity contribution is 4.96. The fourth-order valence-corrected chi connectivity index (χ4v) is 2.72. The lowest BCUT2D eigenvalue weighted by molar-refractivity contribution is -0.0504.